The predicted octanol–water partition coefficient (Wildman–Crippen LogP) is 1.58. The standard InChI is InChI=1S/C16H21NO5/c1-3-21-12-7-5-4-6-11(12)9-17-15(18)13-8-10(2)14(22-13)16(19)20/h4-7,10,13-14H,3,8-9H2,1-2H3,(H,17,18)(H,19,20)/t10-,13-,14-/m0/s1. The molecule has 6 nitrogen and oxygen atoms in total. The third-order valence-corrected chi connectivity index (χ3v) is 3.67. The van der Waals surface area contributed by atoms with Crippen LogP contribution in [0.25, 0.3) is 0 Å². The minimum atomic E-state index is -1.02. The zero-order valence-corrected chi connectivity index (χ0v) is 12.7. The van der Waals surface area contributed by atoms with Crippen molar-refractivity contribution in [2.45, 2.75) is 39.0 Å². The maximum absolute atomic E-state index is 12.1. The number of carbonyl (C=O) groups is 2. The van der Waals surface area contributed by atoms with Crippen LogP contribution in [0.2, 0.25) is 0 Å². The van der Waals surface area contributed by atoms with Gasteiger partial charge in [-0.05, 0) is 25.3 Å². The summed E-state index contributed by atoms with van der Waals surface area (Å²) in [6.07, 6.45) is -1.21. The second-order valence-corrected chi connectivity index (χ2v) is 5.36. The van der Waals surface area contributed by atoms with Gasteiger partial charge in [0, 0.05) is 12.1 Å². The fourth-order valence-electron chi connectivity index (χ4n) is 2.54. The van der Waals surface area contributed by atoms with Crippen LogP contribution in [0.3, 0.4) is 0 Å². The summed E-state index contributed by atoms with van der Waals surface area (Å²) in [5.41, 5.74) is 0.874. The molecular formula is C16H21NO5. The first-order valence-electron chi connectivity index (χ1n) is 7.39. The highest BCUT2D eigenvalue weighted by Gasteiger charge is 2.40. The van der Waals surface area contributed by atoms with E-state index in [0.29, 0.717) is 19.6 Å². The summed E-state index contributed by atoms with van der Waals surface area (Å²) in [4.78, 5) is 23.1. The van der Waals surface area contributed by atoms with Gasteiger partial charge >= 0.3 is 5.97 Å². The largest absolute Gasteiger partial charge is 0.494 e. The number of amides is 1. The first-order valence-corrected chi connectivity index (χ1v) is 7.39. The number of carboxylic acids is 1. The summed E-state index contributed by atoms with van der Waals surface area (Å²) in [6.45, 7) is 4.54. The van der Waals surface area contributed by atoms with Crippen LogP contribution >= 0.6 is 0 Å². The Bertz CT molecular complexity index is 545. The number of rotatable bonds is 6. The topological polar surface area (TPSA) is 84.9 Å². The Hall–Kier alpha value is -2.08. The highest BCUT2D eigenvalue weighted by atomic mass is 16.5. The third kappa shape index (κ3) is 3.76. The molecule has 120 valence electrons. The monoisotopic (exact) mass is 307 g/mol. The average molecular weight is 307 g/mol. The van der Waals surface area contributed by atoms with Crippen LogP contribution in [0.5, 0.6) is 5.75 Å². The van der Waals surface area contributed by atoms with Crippen molar-refractivity contribution in [2.24, 2.45) is 5.92 Å². The molecule has 1 aliphatic heterocycles. The lowest BCUT2D eigenvalue weighted by Crippen LogP contribution is -2.35. The van der Waals surface area contributed by atoms with Crippen LogP contribution < -0.4 is 10.1 Å². The summed E-state index contributed by atoms with van der Waals surface area (Å²) >= 11 is 0. The quantitative estimate of drug-likeness (QED) is 0.833. The van der Waals surface area contributed by atoms with Crippen LogP contribution in [-0.2, 0) is 20.9 Å². The van der Waals surface area contributed by atoms with E-state index in [1.807, 2.05) is 31.2 Å². The molecule has 0 aliphatic carbocycles. The second-order valence-electron chi connectivity index (χ2n) is 5.36. The smallest absolute Gasteiger partial charge is 0.333 e. The Balaban J connectivity index is 1.92. The molecule has 1 fully saturated rings. The van der Waals surface area contributed by atoms with E-state index in [2.05, 4.69) is 5.32 Å². The molecule has 1 aromatic rings. The minimum Gasteiger partial charge on any atom is -0.494 e. The van der Waals surface area contributed by atoms with Crippen LogP contribution in [0, 0.1) is 5.92 Å². The predicted molar refractivity (Wildman–Crippen MR) is 79.5 cm³/mol. The molecule has 22 heavy (non-hydrogen) atoms. The normalized spacial score (nSPS) is 24.0. The number of carbonyl (C=O) groups excluding carboxylic acids is 1. The van der Waals surface area contributed by atoms with Gasteiger partial charge in [0.25, 0.3) is 0 Å². The van der Waals surface area contributed by atoms with Gasteiger partial charge < -0.3 is 19.9 Å². The van der Waals surface area contributed by atoms with Crippen molar-refractivity contribution < 1.29 is 24.2 Å². The van der Waals surface area contributed by atoms with E-state index in [1.54, 1.807) is 6.92 Å². The first-order chi connectivity index (χ1) is 10.5. The highest BCUT2D eigenvalue weighted by molar-refractivity contribution is 5.82. The summed E-state index contributed by atoms with van der Waals surface area (Å²) < 4.78 is 10.8. The Morgan fingerprint density at radius 1 is 1.41 bits per heavy atom. The zero-order valence-electron chi connectivity index (χ0n) is 12.7. The average Bonchev–Trinajstić information content (AvgIpc) is 2.88. The molecule has 0 aromatic heterocycles. The van der Waals surface area contributed by atoms with E-state index in [0.717, 1.165) is 11.3 Å². The number of aliphatic carboxylic acids is 1. The maximum atomic E-state index is 12.1. The number of nitrogens with one attached hydrogen (secondary N) is 1. The van der Waals surface area contributed by atoms with E-state index in [4.69, 9.17) is 14.6 Å². The van der Waals surface area contributed by atoms with Gasteiger partial charge in [-0.15, -0.1) is 0 Å². The lowest BCUT2D eigenvalue weighted by molar-refractivity contribution is -0.153. The highest BCUT2D eigenvalue weighted by Crippen LogP contribution is 2.26. The Morgan fingerprint density at radius 3 is 2.77 bits per heavy atom. The Kier molecular flexibility index (Phi) is 5.38. The van der Waals surface area contributed by atoms with Crippen LogP contribution in [-0.4, -0.2) is 35.8 Å². The fourth-order valence-corrected chi connectivity index (χ4v) is 2.54. The molecule has 2 rings (SSSR count). The van der Waals surface area contributed by atoms with Crippen molar-refractivity contribution in [2.75, 3.05) is 6.61 Å². The van der Waals surface area contributed by atoms with Gasteiger partial charge in [0.2, 0.25) is 5.91 Å². The van der Waals surface area contributed by atoms with Gasteiger partial charge in [-0.1, -0.05) is 25.1 Å². The lowest BCUT2D eigenvalue weighted by Gasteiger charge is -2.14. The van der Waals surface area contributed by atoms with E-state index in [9.17, 15) is 9.59 Å². The number of carboxylic acid groups (broad SMARTS) is 1. The number of ether oxygens (including phenoxy) is 2. The molecule has 0 radical (unpaired) electrons. The molecule has 1 amide bonds. The molecule has 1 aromatic carbocycles. The zero-order chi connectivity index (χ0) is 16.1. The van der Waals surface area contributed by atoms with Gasteiger partial charge in [-0.3, -0.25) is 4.79 Å². The SMILES string of the molecule is CCOc1ccccc1CNC(=O)[C@@H]1C[C@H](C)[C@@H](C(=O)O)O1. The van der Waals surface area contributed by atoms with E-state index >= 15 is 0 Å². The second kappa shape index (κ2) is 7.26. The Labute approximate surface area is 129 Å². The van der Waals surface area contributed by atoms with Crippen LogP contribution in [0.1, 0.15) is 25.8 Å². The third-order valence-electron chi connectivity index (χ3n) is 3.67. The molecule has 6 heteroatoms. The summed E-state index contributed by atoms with van der Waals surface area (Å²) in [7, 11) is 0. The molecule has 0 saturated carbocycles. The van der Waals surface area contributed by atoms with Gasteiger partial charge in [0.1, 0.15) is 11.9 Å². The summed E-state index contributed by atoms with van der Waals surface area (Å²) in [5.74, 6) is -0.759. The number of para-hydroxylation sites is 1. The van der Waals surface area contributed by atoms with Gasteiger partial charge in [-0.2, -0.15) is 0 Å². The molecule has 0 unspecified atom stereocenters. The molecule has 3 atom stereocenters. The number of benzene rings is 1. The fraction of sp³-hybridized carbons (Fsp3) is 0.500. The molecule has 2 N–H and O–H groups in total. The molecule has 0 spiro atoms. The summed E-state index contributed by atoms with van der Waals surface area (Å²) in [6, 6.07) is 7.47. The van der Waals surface area contributed by atoms with Gasteiger partial charge in [0.15, 0.2) is 6.10 Å². The first kappa shape index (κ1) is 16.3. The Morgan fingerprint density at radius 2 is 2.14 bits per heavy atom. The van der Waals surface area contributed by atoms with Crippen LogP contribution in [0.15, 0.2) is 24.3 Å². The molecule has 1 aliphatic rings. The number of hydrogen-bond acceptors (Lipinski definition) is 4. The summed E-state index contributed by atoms with van der Waals surface area (Å²) in [5, 5.41) is 11.8. The van der Waals surface area contributed by atoms with Crippen molar-refractivity contribution in [3.63, 3.8) is 0 Å². The van der Waals surface area contributed by atoms with Crippen molar-refractivity contribution in [1.82, 2.24) is 5.32 Å². The maximum Gasteiger partial charge on any atom is 0.333 e. The molecule has 1 saturated heterocycles. The van der Waals surface area contributed by atoms with Gasteiger partial charge in [0.05, 0.1) is 6.61 Å². The molecule has 0 bridgehead atoms. The van der Waals surface area contributed by atoms with E-state index < -0.39 is 18.2 Å². The molecular weight excluding hydrogens is 286 g/mol. The minimum absolute atomic E-state index is 0.177. The van der Waals surface area contributed by atoms with E-state index in [1.165, 1.54) is 0 Å². The van der Waals surface area contributed by atoms with Crippen LogP contribution in [0.4, 0.5) is 0 Å². The van der Waals surface area contributed by atoms with Crippen molar-refractivity contribution in [3.8, 4) is 5.75 Å². The lowest BCUT2D eigenvalue weighted by atomic mass is 10.0. The van der Waals surface area contributed by atoms with Gasteiger partial charge in [-0.25, -0.2) is 4.79 Å². The number of hydrogen-bond donors (Lipinski definition) is 2. The van der Waals surface area contributed by atoms with Crippen molar-refractivity contribution in [3.05, 3.63) is 29.8 Å². The molecule has 1 heterocycles. The van der Waals surface area contributed by atoms with Crippen molar-refractivity contribution >= 4 is 11.9 Å². The van der Waals surface area contributed by atoms with E-state index in [-0.39, 0.29) is 11.8 Å². The van der Waals surface area contributed by atoms with Crippen molar-refractivity contribution in [1.29, 1.82) is 0 Å².